The predicted molar refractivity (Wildman–Crippen MR) is 297 cm³/mol. The zero-order valence-corrected chi connectivity index (χ0v) is 39.2. The standard InChI is InChI=1S/C64H47BN4/c1-5-38-26-32-56-54(34-38)60-63(66(56)3)68(40-28-30-50-46-20-9-7-16-42(46)44-18-11-13-22-48(44)52(50)36-40)58-24-15-25-59-62(58)65(60)61-55-35-39(6-2)27-33-57(55)67(4)64(61)69(59)41-29-31-51-47-21-10-8-17-43(47)45-19-12-14-23-49(45)53(51)37-41/h7-37H,5-6H2,1-4H3. The maximum absolute atomic E-state index is 2.60. The van der Waals surface area contributed by atoms with Gasteiger partial charge in [-0.1, -0.05) is 153 Å². The Hall–Kier alpha value is -8.28. The van der Waals surface area contributed by atoms with Crippen LogP contribution in [0.1, 0.15) is 25.0 Å². The second-order valence-electron chi connectivity index (χ2n) is 19.5. The summed E-state index contributed by atoms with van der Waals surface area (Å²) in [5.41, 5.74) is 14.0. The molecule has 0 N–H and O–H groups in total. The van der Waals surface area contributed by atoms with Crippen molar-refractivity contribution < 1.29 is 0 Å². The minimum atomic E-state index is -0.0317. The number of aromatic nitrogens is 2. The molecule has 0 bridgehead atoms. The molecule has 4 heterocycles. The molecule has 0 aliphatic carbocycles. The minimum absolute atomic E-state index is 0.0317. The number of benzene rings is 11. The molecule has 326 valence electrons. The summed E-state index contributed by atoms with van der Waals surface area (Å²) in [6, 6.07) is 71.6. The molecule has 5 heteroatoms. The number of hydrogen-bond donors (Lipinski definition) is 0. The Bertz CT molecular complexity index is 4050. The maximum atomic E-state index is 2.60. The molecule has 15 rings (SSSR count). The quantitative estimate of drug-likeness (QED) is 0.129. The van der Waals surface area contributed by atoms with Gasteiger partial charge in [-0.3, -0.25) is 9.80 Å². The summed E-state index contributed by atoms with van der Waals surface area (Å²) in [5.74, 6) is 2.45. The second-order valence-corrected chi connectivity index (χ2v) is 19.5. The van der Waals surface area contributed by atoms with Gasteiger partial charge in [-0.15, -0.1) is 0 Å². The number of rotatable bonds is 4. The summed E-state index contributed by atoms with van der Waals surface area (Å²) < 4.78 is 4.96. The molecule has 11 aromatic carbocycles. The maximum Gasteiger partial charge on any atom is 0.257 e. The Morgan fingerprint density at radius 2 is 0.667 bits per heavy atom. The van der Waals surface area contributed by atoms with Crippen molar-refractivity contribution in [1.29, 1.82) is 0 Å². The summed E-state index contributed by atoms with van der Waals surface area (Å²) in [5, 5.41) is 18.0. The topological polar surface area (TPSA) is 16.3 Å². The predicted octanol–water partition coefficient (Wildman–Crippen LogP) is 14.8. The highest BCUT2D eigenvalue weighted by Crippen LogP contribution is 2.49. The van der Waals surface area contributed by atoms with Gasteiger partial charge in [-0.25, -0.2) is 0 Å². The molecule has 4 nitrogen and oxygen atoms in total. The molecule has 0 fully saturated rings. The van der Waals surface area contributed by atoms with Crippen molar-refractivity contribution in [1.82, 2.24) is 9.13 Å². The van der Waals surface area contributed by atoms with E-state index in [4.69, 9.17) is 0 Å². The van der Waals surface area contributed by atoms with Gasteiger partial charge in [0.15, 0.2) is 0 Å². The zero-order chi connectivity index (χ0) is 45.8. The molecular formula is C64H47BN4. The van der Waals surface area contributed by atoms with Crippen molar-refractivity contribution in [2.75, 3.05) is 9.80 Å². The molecule has 0 atom stereocenters. The van der Waals surface area contributed by atoms with E-state index in [0.717, 1.165) is 24.2 Å². The van der Waals surface area contributed by atoms with Gasteiger partial charge in [0.2, 0.25) is 0 Å². The lowest BCUT2D eigenvalue weighted by molar-refractivity contribution is 0.945. The second kappa shape index (κ2) is 14.1. The molecule has 0 saturated carbocycles. The molecule has 2 aliphatic heterocycles. The molecule has 0 amide bonds. The van der Waals surface area contributed by atoms with Crippen molar-refractivity contribution in [3.63, 3.8) is 0 Å². The fourth-order valence-electron chi connectivity index (χ4n) is 13.0. The van der Waals surface area contributed by atoms with Crippen LogP contribution in [0, 0.1) is 0 Å². The minimum Gasteiger partial charge on any atom is -0.330 e. The number of fused-ring (bicyclic) bond motifs is 20. The van der Waals surface area contributed by atoms with E-state index in [0.29, 0.717) is 0 Å². The van der Waals surface area contributed by atoms with E-state index in [1.54, 1.807) is 0 Å². The van der Waals surface area contributed by atoms with Crippen LogP contribution in [0.2, 0.25) is 0 Å². The first-order valence-corrected chi connectivity index (χ1v) is 24.6. The van der Waals surface area contributed by atoms with Crippen molar-refractivity contribution in [3.05, 3.63) is 199 Å². The number of aryl methyl sites for hydroxylation is 4. The lowest BCUT2D eigenvalue weighted by atomic mass is 9.33. The third kappa shape index (κ3) is 5.09. The van der Waals surface area contributed by atoms with Gasteiger partial charge in [0.25, 0.3) is 6.71 Å². The van der Waals surface area contributed by atoms with Crippen LogP contribution in [-0.4, -0.2) is 15.8 Å². The fourth-order valence-corrected chi connectivity index (χ4v) is 13.0. The Kier molecular flexibility index (Phi) is 7.95. The summed E-state index contributed by atoms with van der Waals surface area (Å²) in [6.45, 7) is 4.53. The summed E-state index contributed by atoms with van der Waals surface area (Å²) in [4.78, 5) is 5.21. The highest BCUT2D eigenvalue weighted by atomic mass is 15.3. The number of anilines is 6. The molecule has 69 heavy (non-hydrogen) atoms. The highest BCUT2D eigenvalue weighted by molar-refractivity contribution is 7.03. The van der Waals surface area contributed by atoms with Gasteiger partial charge in [-0.05, 0) is 164 Å². The van der Waals surface area contributed by atoms with Gasteiger partial charge in [0, 0.05) is 47.9 Å². The number of nitrogens with zero attached hydrogens (tertiary/aromatic N) is 4. The first-order chi connectivity index (χ1) is 34.0. The van der Waals surface area contributed by atoms with E-state index >= 15 is 0 Å². The van der Waals surface area contributed by atoms with Gasteiger partial charge >= 0.3 is 0 Å². The summed E-state index contributed by atoms with van der Waals surface area (Å²) in [6.07, 6.45) is 1.95. The molecular weight excluding hydrogens is 836 g/mol. The van der Waals surface area contributed by atoms with Crippen LogP contribution in [0.3, 0.4) is 0 Å². The smallest absolute Gasteiger partial charge is 0.257 e. The molecule has 0 spiro atoms. The van der Waals surface area contributed by atoms with E-state index in [9.17, 15) is 0 Å². The van der Waals surface area contributed by atoms with Crippen molar-refractivity contribution in [2.45, 2.75) is 26.7 Å². The molecule has 0 saturated heterocycles. The monoisotopic (exact) mass is 882 g/mol. The SMILES string of the molecule is CCc1ccc2c(c1)c1c(n2C)N(c2ccc3c4ccccc4c4ccccc4c3c2)c2cccc3c2B1c1c(n(C)c2ccc(CC)cc12)N3c1ccc2c3ccccc3c3ccccc3c2c1. The van der Waals surface area contributed by atoms with Crippen LogP contribution < -0.4 is 26.2 Å². The fraction of sp³-hybridized carbons (Fsp3) is 0.0938. The Morgan fingerprint density at radius 1 is 0.319 bits per heavy atom. The van der Waals surface area contributed by atoms with E-state index < -0.39 is 0 Å². The lowest BCUT2D eigenvalue weighted by Crippen LogP contribution is -2.61. The van der Waals surface area contributed by atoms with E-state index in [1.165, 1.54) is 137 Å². The van der Waals surface area contributed by atoms with E-state index in [1.807, 2.05) is 0 Å². The van der Waals surface area contributed by atoms with Crippen LogP contribution in [0.15, 0.2) is 188 Å². The van der Waals surface area contributed by atoms with Crippen molar-refractivity contribution in [2.24, 2.45) is 14.1 Å². The van der Waals surface area contributed by atoms with Crippen LogP contribution in [0.5, 0.6) is 0 Å². The van der Waals surface area contributed by atoms with Crippen LogP contribution in [-0.2, 0) is 26.9 Å². The zero-order valence-electron chi connectivity index (χ0n) is 39.2. The molecule has 0 radical (unpaired) electrons. The molecule has 0 unspecified atom stereocenters. The van der Waals surface area contributed by atoms with Gasteiger partial charge < -0.3 is 9.13 Å². The van der Waals surface area contributed by atoms with Crippen molar-refractivity contribution >= 4 is 144 Å². The highest BCUT2D eigenvalue weighted by Gasteiger charge is 2.48. The summed E-state index contributed by atoms with van der Waals surface area (Å²) >= 11 is 0. The van der Waals surface area contributed by atoms with E-state index in [-0.39, 0.29) is 6.71 Å². The van der Waals surface area contributed by atoms with E-state index in [2.05, 4.69) is 235 Å². The average molecular weight is 883 g/mol. The Balaban J connectivity index is 1.08. The normalized spacial score (nSPS) is 13.2. The molecule has 2 aliphatic rings. The first-order valence-electron chi connectivity index (χ1n) is 24.6. The largest absolute Gasteiger partial charge is 0.330 e. The summed E-state index contributed by atoms with van der Waals surface area (Å²) in [7, 11) is 4.58. The first kappa shape index (κ1) is 38.8. The average Bonchev–Trinajstić information content (AvgIpc) is 3.87. The Labute approximate surface area is 400 Å². The third-order valence-electron chi connectivity index (χ3n) is 16.2. The van der Waals surface area contributed by atoms with Crippen LogP contribution in [0.25, 0.3) is 86.4 Å². The van der Waals surface area contributed by atoms with Crippen molar-refractivity contribution in [3.8, 4) is 0 Å². The molecule has 2 aromatic heterocycles. The Morgan fingerprint density at radius 3 is 1.03 bits per heavy atom. The van der Waals surface area contributed by atoms with Gasteiger partial charge in [0.05, 0.1) is 0 Å². The van der Waals surface area contributed by atoms with Crippen LogP contribution >= 0.6 is 0 Å². The number of hydrogen-bond acceptors (Lipinski definition) is 2. The molecule has 13 aromatic rings. The van der Waals surface area contributed by atoms with Gasteiger partial charge in [0.1, 0.15) is 11.6 Å². The van der Waals surface area contributed by atoms with Gasteiger partial charge in [-0.2, -0.15) is 0 Å². The lowest BCUT2D eigenvalue weighted by Gasteiger charge is -2.43. The third-order valence-corrected chi connectivity index (χ3v) is 16.2. The van der Waals surface area contributed by atoms with Crippen LogP contribution in [0.4, 0.5) is 34.4 Å².